The number of ether oxygens (including phenoxy) is 2. The van der Waals surface area contributed by atoms with Crippen LogP contribution in [0.15, 0.2) is 66.7 Å². The quantitative estimate of drug-likeness (QED) is 0.221. The van der Waals surface area contributed by atoms with Gasteiger partial charge in [0.1, 0.15) is 21.9 Å². The molecule has 4 nitrogen and oxygen atoms in total. The molecule has 2 atom stereocenters. The molecule has 3 rings (SSSR count). The first-order valence-corrected chi connectivity index (χ1v) is 12.6. The highest BCUT2D eigenvalue weighted by Crippen LogP contribution is 2.40. The number of methoxy groups -OCH3 is 1. The third-order valence-corrected chi connectivity index (χ3v) is 7.30. The Morgan fingerprint density at radius 3 is 2.16 bits per heavy atom. The van der Waals surface area contributed by atoms with Gasteiger partial charge >= 0.3 is 12.5 Å². The first-order valence-electron chi connectivity index (χ1n) is 11.4. The molecule has 0 amide bonds. The van der Waals surface area contributed by atoms with Gasteiger partial charge in [0.15, 0.2) is 11.6 Å². The van der Waals surface area contributed by atoms with Crippen molar-refractivity contribution in [2.45, 2.75) is 50.0 Å². The molecule has 0 spiro atoms. The van der Waals surface area contributed by atoms with Crippen LogP contribution in [-0.4, -0.2) is 28.9 Å². The minimum atomic E-state index is -4.89. The highest BCUT2D eigenvalue weighted by Gasteiger charge is 2.46. The molecule has 11 heteroatoms. The van der Waals surface area contributed by atoms with Crippen LogP contribution in [0.4, 0.5) is 26.3 Å². The molecule has 0 heterocycles. The van der Waals surface area contributed by atoms with E-state index >= 15 is 0 Å². The second-order valence-corrected chi connectivity index (χ2v) is 11.5. The standard InChI is InChI=1S/C27H27F6NO3S/c1-25(2,3)38(35)34-26(16-17-8-6-5-7-9-17,18-10-11-22(29)23(14-18)36-4)19-12-20(28)15-21(13-19)37-27(32,33)24(30)31/h5-15,24,34H,16H2,1-4H3/t26-,38+/m0/s1. The van der Waals surface area contributed by atoms with Gasteiger partial charge in [-0.05, 0) is 61.7 Å². The average Bonchev–Trinajstić information content (AvgIpc) is 2.83. The van der Waals surface area contributed by atoms with Gasteiger partial charge in [-0.2, -0.15) is 17.6 Å². The molecular weight excluding hydrogens is 532 g/mol. The number of benzene rings is 3. The van der Waals surface area contributed by atoms with Crippen molar-refractivity contribution in [1.82, 2.24) is 4.72 Å². The summed E-state index contributed by atoms with van der Waals surface area (Å²) in [6.45, 7) is 5.04. The van der Waals surface area contributed by atoms with Crippen molar-refractivity contribution in [2.24, 2.45) is 0 Å². The summed E-state index contributed by atoms with van der Waals surface area (Å²) in [5.41, 5.74) is -0.832. The summed E-state index contributed by atoms with van der Waals surface area (Å²) in [5, 5.41) is 0. The summed E-state index contributed by atoms with van der Waals surface area (Å²) < 4.78 is 107. The van der Waals surface area contributed by atoms with E-state index in [0.717, 1.165) is 18.2 Å². The van der Waals surface area contributed by atoms with Crippen molar-refractivity contribution in [3.05, 3.63) is 95.1 Å². The van der Waals surface area contributed by atoms with E-state index in [1.54, 1.807) is 51.1 Å². The van der Waals surface area contributed by atoms with Crippen LogP contribution in [-0.2, 0) is 23.3 Å². The number of hydrogen-bond donors (Lipinski definition) is 1. The zero-order valence-corrected chi connectivity index (χ0v) is 21.9. The lowest BCUT2D eigenvalue weighted by molar-refractivity contribution is -0.253. The minimum Gasteiger partial charge on any atom is -0.598 e. The third-order valence-electron chi connectivity index (χ3n) is 5.65. The van der Waals surface area contributed by atoms with Crippen LogP contribution < -0.4 is 14.2 Å². The van der Waals surface area contributed by atoms with Crippen molar-refractivity contribution in [1.29, 1.82) is 0 Å². The van der Waals surface area contributed by atoms with E-state index in [0.29, 0.717) is 11.6 Å². The van der Waals surface area contributed by atoms with Crippen molar-refractivity contribution in [3.8, 4) is 11.5 Å². The van der Waals surface area contributed by atoms with Crippen molar-refractivity contribution < 1.29 is 40.4 Å². The number of rotatable bonds is 10. The van der Waals surface area contributed by atoms with Crippen LogP contribution in [0.3, 0.4) is 0 Å². The molecule has 38 heavy (non-hydrogen) atoms. The molecule has 0 radical (unpaired) electrons. The molecule has 0 aliphatic heterocycles. The lowest BCUT2D eigenvalue weighted by atomic mass is 9.78. The van der Waals surface area contributed by atoms with Gasteiger partial charge in [0.25, 0.3) is 0 Å². The normalized spacial score (nSPS) is 14.7. The first-order chi connectivity index (χ1) is 17.7. The van der Waals surface area contributed by atoms with Gasteiger partial charge in [-0.3, -0.25) is 0 Å². The molecule has 3 aromatic carbocycles. The lowest BCUT2D eigenvalue weighted by Gasteiger charge is -2.39. The number of alkyl halides is 4. The minimum absolute atomic E-state index is 0.0292. The molecular formula is C27H27F6NO3S. The average molecular weight is 560 g/mol. The Morgan fingerprint density at radius 1 is 0.921 bits per heavy atom. The smallest absolute Gasteiger partial charge is 0.461 e. The maximum absolute atomic E-state index is 14.9. The highest BCUT2D eigenvalue weighted by atomic mass is 32.2. The largest absolute Gasteiger partial charge is 0.598 e. The van der Waals surface area contributed by atoms with E-state index in [2.05, 4.69) is 9.46 Å². The fourth-order valence-corrected chi connectivity index (χ4v) is 4.66. The Balaban J connectivity index is 2.34. The maximum atomic E-state index is 14.9. The maximum Gasteiger partial charge on any atom is 0.461 e. The summed E-state index contributed by atoms with van der Waals surface area (Å²) in [5.74, 6) is -2.83. The molecule has 1 N–H and O–H groups in total. The van der Waals surface area contributed by atoms with E-state index in [9.17, 15) is 30.9 Å². The van der Waals surface area contributed by atoms with Gasteiger partial charge < -0.3 is 14.0 Å². The summed E-state index contributed by atoms with van der Waals surface area (Å²) in [6, 6.07) is 14.9. The van der Waals surface area contributed by atoms with Crippen LogP contribution in [0, 0.1) is 11.6 Å². The molecule has 0 unspecified atom stereocenters. The Kier molecular flexibility index (Phi) is 8.95. The van der Waals surface area contributed by atoms with Gasteiger partial charge in [-0.15, -0.1) is 4.72 Å². The summed E-state index contributed by atoms with van der Waals surface area (Å²) >= 11 is -1.85. The van der Waals surface area contributed by atoms with E-state index in [1.807, 2.05) is 0 Å². The van der Waals surface area contributed by atoms with Gasteiger partial charge in [0.2, 0.25) is 0 Å². The SMILES string of the molecule is COc1cc([C@](Cc2ccccc2)(N[S@+]([O-])C(C)(C)C)c2cc(F)cc(OC(F)(F)C(F)F)c2)ccc1F. The number of nitrogens with one attached hydrogen (secondary N) is 1. The third kappa shape index (κ3) is 6.75. The topological polar surface area (TPSA) is 53.5 Å². The fourth-order valence-electron chi connectivity index (χ4n) is 3.73. The zero-order valence-electron chi connectivity index (χ0n) is 21.0. The number of hydrogen-bond acceptors (Lipinski definition) is 4. The second-order valence-electron chi connectivity index (χ2n) is 9.54. The Labute approximate surface area is 220 Å². The van der Waals surface area contributed by atoms with Gasteiger partial charge in [0, 0.05) is 23.8 Å². The predicted molar refractivity (Wildman–Crippen MR) is 133 cm³/mol. The van der Waals surface area contributed by atoms with Crippen LogP contribution in [0.2, 0.25) is 0 Å². The zero-order chi connectivity index (χ0) is 28.3. The van der Waals surface area contributed by atoms with E-state index in [1.165, 1.54) is 19.2 Å². The molecule has 3 aromatic rings. The predicted octanol–water partition coefficient (Wildman–Crippen LogP) is 6.75. The van der Waals surface area contributed by atoms with Crippen LogP contribution >= 0.6 is 0 Å². The Bertz CT molecular complexity index is 1240. The van der Waals surface area contributed by atoms with Gasteiger partial charge in [0.05, 0.1) is 7.11 Å². The van der Waals surface area contributed by atoms with Crippen molar-refractivity contribution in [3.63, 3.8) is 0 Å². The van der Waals surface area contributed by atoms with Crippen molar-refractivity contribution >= 4 is 11.4 Å². The summed E-state index contributed by atoms with van der Waals surface area (Å²) in [4.78, 5) is 0. The van der Waals surface area contributed by atoms with E-state index in [-0.39, 0.29) is 23.3 Å². The van der Waals surface area contributed by atoms with Gasteiger partial charge in [-0.25, -0.2) is 8.78 Å². The summed E-state index contributed by atoms with van der Waals surface area (Å²) in [6.07, 6.45) is -9.09. The Morgan fingerprint density at radius 2 is 1.58 bits per heavy atom. The molecule has 0 saturated carbocycles. The van der Waals surface area contributed by atoms with E-state index < -0.39 is 51.6 Å². The molecule has 0 saturated heterocycles. The van der Waals surface area contributed by atoms with Crippen LogP contribution in [0.1, 0.15) is 37.5 Å². The van der Waals surface area contributed by atoms with Crippen molar-refractivity contribution in [2.75, 3.05) is 7.11 Å². The monoisotopic (exact) mass is 559 g/mol. The number of halogens is 6. The van der Waals surface area contributed by atoms with E-state index in [4.69, 9.17) is 4.74 Å². The molecule has 206 valence electrons. The second kappa shape index (κ2) is 11.5. The highest BCUT2D eigenvalue weighted by molar-refractivity contribution is 7.90. The molecule has 0 aliphatic rings. The van der Waals surface area contributed by atoms with Crippen LogP contribution in [0.5, 0.6) is 11.5 Å². The lowest BCUT2D eigenvalue weighted by Crippen LogP contribution is -2.53. The fraction of sp³-hybridized carbons (Fsp3) is 0.333. The molecule has 0 fully saturated rings. The molecule has 0 aromatic heterocycles. The Hall–Kier alpha value is -2.89. The molecule has 0 bridgehead atoms. The van der Waals surface area contributed by atoms with Crippen LogP contribution in [0.25, 0.3) is 0 Å². The molecule has 0 aliphatic carbocycles. The van der Waals surface area contributed by atoms with Gasteiger partial charge in [-0.1, -0.05) is 36.4 Å². The first kappa shape index (κ1) is 29.7. The summed E-state index contributed by atoms with van der Waals surface area (Å²) in [7, 11) is 1.24.